The minimum atomic E-state index is -0.372. The number of nitrogens with zero attached hydrogens (tertiary/aromatic N) is 2. The molecule has 0 saturated heterocycles. The Morgan fingerprint density at radius 1 is 1.20 bits per heavy atom. The summed E-state index contributed by atoms with van der Waals surface area (Å²) in [6, 6.07) is 3.94. The Balaban J connectivity index is 1.39. The van der Waals surface area contributed by atoms with Crippen LogP contribution in [0.2, 0.25) is 0 Å². The van der Waals surface area contributed by atoms with Gasteiger partial charge in [-0.05, 0) is 56.1 Å². The molecule has 1 fully saturated rings. The molecule has 4 rings (SSSR count). The van der Waals surface area contributed by atoms with Crippen molar-refractivity contribution in [2.75, 3.05) is 18.9 Å². The van der Waals surface area contributed by atoms with Crippen molar-refractivity contribution in [1.82, 2.24) is 15.3 Å². The standard InChI is InChI=1S/C21H25N5O2S2/c1-11-16(30-21(23-2)26-11)19(28)25-10-12-5-7-13(8-6-12)15-14-4-3-9-24-20(14)29-17(15)18(22)27/h3-4,9,12-13H,5-8,10H2,1-2H3,(H2,22,27)(H,23,26)(H,25,28). The number of thiazole rings is 1. The van der Waals surface area contributed by atoms with Crippen molar-refractivity contribution in [3.8, 4) is 0 Å². The van der Waals surface area contributed by atoms with Crippen molar-refractivity contribution in [3.05, 3.63) is 39.3 Å². The minimum Gasteiger partial charge on any atom is -0.365 e. The van der Waals surface area contributed by atoms with Crippen LogP contribution in [0.4, 0.5) is 5.13 Å². The average Bonchev–Trinajstić information content (AvgIpc) is 3.33. The van der Waals surface area contributed by atoms with Gasteiger partial charge in [0, 0.05) is 25.2 Å². The molecule has 0 atom stereocenters. The zero-order valence-electron chi connectivity index (χ0n) is 17.0. The lowest BCUT2D eigenvalue weighted by Gasteiger charge is -2.29. The molecule has 2 amide bonds. The van der Waals surface area contributed by atoms with Crippen molar-refractivity contribution >= 4 is 49.8 Å². The SMILES string of the molecule is CNc1nc(C)c(C(=O)NCC2CCC(c3c(C(N)=O)sc4ncccc34)CC2)s1. The molecule has 30 heavy (non-hydrogen) atoms. The quantitative estimate of drug-likeness (QED) is 0.535. The van der Waals surface area contributed by atoms with E-state index in [-0.39, 0.29) is 11.8 Å². The van der Waals surface area contributed by atoms with E-state index in [1.54, 1.807) is 13.2 Å². The van der Waals surface area contributed by atoms with E-state index in [0.29, 0.717) is 28.1 Å². The number of pyridine rings is 1. The summed E-state index contributed by atoms with van der Waals surface area (Å²) in [5.74, 6) is 0.310. The number of amides is 2. The Bertz CT molecular complexity index is 1080. The number of carbonyl (C=O) groups excluding carboxylic acids is 2. The maximum atomic E-state index is 12.5. The van der Waals surface area contributed by atoms with Crippen LogP contribution in [0.3, 0.4) is 0 Å². The summed E-state index contributed by atoms with van der Waals surface area (Å²) in [5.41, 5.74) is 7.48. The summed E-state index contributed by atoms with van der Waals surface area (Å²) in [6.07, 6.45) is 5.71. The Hall–Kier alpha value is -2.52. The lowest BCUT2D eigenvalue weighted by Crippen LogP contribution is -2.31. The fourth-order valence-electron chi connectivity index (χ4n) is 4.23. The topological polar surface area (TPSA) is 110 Å². The van der Waals surface area contributed by atoms with Crippen LogP contribution < -0.4 is 16.4 Å². The highest BCUT2D eigenvalue weighted by Gasteiger charge is 2.29. The molecule has 4 N–H and O–H groups in total. The number of fused-ring (bicyclic) bond motifs is 1. The number of carbonyl (C=O) groups is 2. The van der Waals surface area contributed by atoms with Crippen molar-refractivity contribution < 1.29 is 9.59 Å². The van der Waals surface area contributed by atoms with Crippen LogP contribution in [-0.2, 0) is 0 Å². The third-order valence-corrected chi connectivity index (χ3v) is 8.07. The largest absolute Gasteiger partial charge is 0.365 e. The first-order chi connectivity index (χ1) is 14.5. The molecule has 1 aliphatic rings. The predicted molar refractivity (Wildman–Crippen MR) is 122 cm³/mol. The van der Waals surface area contributed by atoms with Crippen LogP contribution in [0.5, 0.6) is 0 Å². The van der Waals surface area contributed by atoms with Gasteiger partial charge in [0.1, 0.15) is 9.71 Å². The molecule has 7 nitrogen and oxygen atoms in total. The second-order valence-corrected chi connectivity index (χ2v) is 9.67. The van der Waals surface area contributed by atoms with Crippen molar-refractivity contribution in [3.63, 3.8) is 0 Å². The molecule has 0 unspecified atom stereocenters. The van der Waals surface area contributed by atoms with E-state index >= 15 is 0 Å². The third kappa shape index (κ3) is 4.04. The van der Waals surface area contributed by atoms with Gasteiger partial charge in [0.15, 0.2) is 5.13 Å². The Morgan fingerprint density at radius 3 is 2.63 bits per heavy atom. The lowest BCUT2D eigenvalue weighted by atomic mass is 9.78. The number of aryl methyl sites for hydroxylation is 1. The molecule has 1 saturated carbocycles. The van der Waals surface area contributed by atoms with Gasteiger partial charge in [0.05, 0.1) is 10.6 Å². The molecule has 158 valence electrons. The first-order valence-corrected chi connectivity index (χ1v) is 11.7. The summed E-state index contributed by atoms with van der Waals surface area (Å²) < 4.78 is 0. The average molecular weight is 444 g/mol. The fourth-order valence-corrected chi connectivity index (χ4v) is 6.14. The summed E-state index contributed by atoms with van der Waals surface area (Å²) >= 11 is 2.77. The maximum Gasteiger partial charge on any atom is 0.263 e. The number of thiophene rings is 1. The van der Waals surface area contributed by atoms with E-state index < -0.39 is 0 Å². The van der Waals surface area contributed by atoms with Crippen molar-refractivity contribution in [2.24, 2.45) is 11.7 Å². The van der Waals surface area contributed by atoms with Crippen molar-refractivity contribution in [1.29, 1.82) is 0 Å². The first-order valence-electron chi connectivity index (χ1n) is 10.1. The van der Waals surface area contributed by atoms with Crippen molar-refractivity contribution in [2.45, 2.75) is 38.5 Å². The van der Waals surface area contributed by atoms with Crippen LogP contribution in [0.1, 0.15) is 62.2 Å². The molecular weight excluding hydrogens is 418 g/mol. The van der Waals surface area contributed by atoms with E-state index in [2.05, 4.69) is 20.6 Å². The van der Waals surface area contributed by atoms with Crippen LogP contribution in [0.25, 0.3) is 10.2 Å². The van der Waals surface area contributed by atoms with Gasteiger partial charge in [-0.1, -0.05) is 17.4 Å². The molecule has 3 aromatic heterocycles. The fraction of sp³-hybridized carbons (Fsp3) is 0.429. The highest BCUT2D eigenvalue weighted by Crippen LogP contribution is 2.43. The van der Waals surface area contributed by atoms with Gasteiger partial charge in [0.25, 0.3) is 11.8 Å². The number of rotatable bonds is 6. The number of hydrogen-bond acceptors (Lipinski definition) is 7. The van der Waals surface area contributed by atoms with Gasteiger partial charge < -0.3 is 16.4 Å². The van der Waals surface area contributed by atoms with E-state index in [1.807, 2.05) is 19.1 Å². The van der Waals surface area contributed by atoms with Gasteiger partial charge in [-0.15, -0.1) is 11.3 Å². The van der Waals surface area contributed by atoms with E-state index in [4.69, 9.17) is 5.73 Å². The van der Waals surface area contributed by atoms with Gasteiger partial charge in [-0.2, -0.15) is 0 Å². The predicted octanol–water partition coefficient (Wildman–Crippen LogP) is 3.91. The van der Waals surface area contributed by atoms with Gasteiger partial charge in [-0.3, -0.25) is 9.59 Å². The van der Waals surface area contributed by atoms with Crippen LogP contribution in [0, 0.1) is 12.8 Å². The summed E-state index contributed by atoms with van der Waals surface area (Å²) in [7, 11) is 1.80. The lowest BCUT2D eigenvalue weighted by molar-refractivity contribution is 0.0944. The highest BCUT2D eigenvalue weighted by molar-refractivity contribution is 7.20. The van der Waals surface area contributed by atoms with Gasteiger partial charge in [-0.25, -0.2) is 9.97 Å². The third-order valence-electron chi connectivity index (χ3n) is 5.75. The van der Waals surface area contributed by atoms with E-state index in [1.165, 1.54) is 22.7 Å². The number of nitrogens with two attached hydrogens (primary N) is 1. The second-order valence-electron chi connectivity index (χ2n) is 7.68. The number of primary amides is 1. The number of nitrogens with one attached hydrogen (secondary N) is 2. The minimum absolute atomic E-state index is 0.0560. The number of hydrogen-bond donors (Lipinski definition) is 3. The molecule has 9 heteroatoms. The summed E-state index contributed by atoms with van der Waals surface area (Å²) in [4.78, 5) is 35.5. The van der Waals surface area contributed by atoms with E-state index in [9.17, 15) is 9.59 Å². The zero-order chi connectivity index (χ0) is 21.3. The normalized spacial score (nSPS) is 19.0. The van der Waals surface area contributed by atoms with Gasteiger partial charge >= 0.3 is 0 Å². The maximum absolute atomic E-state index is 12.5. The molecule has 3 heterocycles. The smallest absolute Gasteiger partial charge is 0.263 e. The molecule has 0 spiro atoms. The van der Waals surface area contributed by atoms with Crippen LogP contribution >= 0.6 is 22.7 Å². The molecule has 3 aromatic rings. The Kier molecular flexibility index (Phi) is 6.01. The molecule has 0 radical (unpaired) electrons. The van der Waals surface area contributed by atoms with Gasteiger partial charge in [0.2, 0.25) is 0 Å². The molecule has 1 aliphatic carbocycles. The molecule has 0 aromatic carbocycles. The molecule has 0 bridgehead atoms. The highest BCUT2D eigenvalue weighted by atomic mass is 32.1. The zero-order valence-corrected chi connectivity index (χ0v) is 18.7. The molecule has 0 aliphatic heterocycles. The Morgan fingerprint density at radius 2 is 1.97 bits per heavy atom. The number of anilines is 1. The van der Waals surface area contributed by atoms with E-state index in [0.717, 1.165) is 52.3 Å². The second kappa shape index (κ2) is 8.69. The van der Waals surface area contributed by atoms with Crippen LogP contribution in [0.15, 0.2) is 18.3 Å². The monoisotopic (exact) mass is 443 g/mol. The molecular formula is C21H25N5O2S2. The Labute approximate surface area is 183 Å². The number of aromatic nitrogens is 2. The van der Waals surface area contributed by atoms with Crippen LogP contribution in [-0.4, -0.2) is 35.4 Å². The first kappa shape index (κ1) is 20.7. The summed E-state index contributed by atoms with van der Waals surface area (Å²) in [6.45, 7) is 2.51. The summed E-state index contributed by atoms with van der Waals surface area (Å²) in [5, 5.41) is 7.86.